The van der Waals surface area contributed by atoms with Gasteiger partial charge in [0.15, 0.2) is 5.78 Å². The monoisotopic (exact) mass is 573 g/mol. The van der Waals surface area contributed by atoms with E-state index in [1.165, 1.54) is 32.5 Å². The van der Waals surface area contributed by atoms with Crippen LogP contribution in [0.2, 0.25) is 0 Å². The van der Waals surface area contributed by atoms with Crippen LogP contribution in [0.25, 0.3) is 0 Å². The molecule has 12 heteroatoms. The molecule has 1 aromatic heterocycles. The molecule has 40 heavy (non-hydrogen) atoms. The SMILES string of the molecule is COc1ccc(C(=O)Cc2ccc(F)c([C@@]3(C)N=C(N)N(C)S(=O)(=O)[C@]34CCN(CC3CC(OC)C3)C4)c2)nc1. The second kappa shape index (κ2) is 10.4. The first-order valence-corrected chi connectivity index (χ1v) is 14.8. The summed E-state index contributed by atoms with van der Waals surface area (Å²) in [4.78, 5) is 23.9. The number of ether oxygens (including phenoxy) is 2. The first-order valence-electron chi connectivity index (χ1n) is 13.3. The number of aliphatic imine (C=N–C) groups is 1. The fourth-order valence-electron chi connectivity index (χ4n) is 6.34. The van der Waals surface area contributed by atoms with Crippen LogP contribution in [-0.4, -0.2) is 86.1 Å². The maximum Gasteiger partial charge on any atom is 0.247 e. The van der Waals surface area contributed by atoms with E-state index < -0.39 is 26.1 Å². The summed E-state index contributed by atoms with van der Waals surface area (Å²) in [5, 5.41) is 0. The molecule has 216 valence electrons. The van der Waals surface area contributed by atoms with Crippen LogP contribution in [-0.2, 0) is 26.7 Å². The number of hydrogen-bond donors (Lipinski definition) is 1. The lowest BCUT2D eigenvalue weighted by Crippen LogP contribution is -2.66. The normalized spacial score (nSPS) is 29.7. The summed E-state index contributed by atoms with van der Waals surface area (Å²) in [7, 11) is 0.578. The average Bonchev–Trinajstić information content (AvgIpc) is 3.36. The van der Waals surface area contributed by atoms with E-state index in [1.807, 2.05) is 0 Å². The highest BCUT2D eigenvalue weighted by Gasteiger charge is 2.66. The molecule has 0 radical (unpaired) electrons. The van der Waals surface area contributed by atoms with Crippen LogP contribution in [0.4, 0.5) is 4.39 Å². The van der Waals surface area contributed by atoms with Crippen LogP contribution >= 0.6 is 0 Å². The number of aromatic nitrogens is 1. The highest BCUT2D eigenvalue weighted by molar-refractivity contribution is 7.91. The smallest absolute Gasteiger partial charge is 0.247 e. The third kappa shape index (κ3) is 4.55. The molecule has 2 N–H and O–H groups in total. The number of halogens is 1. The molecule has 2 atom stereocenters. The minimum atomic E-state index is -4.03. The van der Waals surface area contributed by atoms with Crippen molar-refractivity contribution in [2.24, 2.45) is 16.6 Å². The van der Waals surface area contributed by atoms with Gasteiger partial charge in [-0.15, -0.1) is 0 Å². The van der Waals surface area contributed by atoms with E-state index >= 15 is 4.39 Å². The van der Waals surface area contributed by atoms with Crippen LogP contribution in [0, 0.1) is 11.7 Å². The third-order valence-electron chi connectivity index (χ3n) is 8.93. The number of carbonyl (C=O) groups excluding carboxylic acids is 1. The highest BCUT2D eigenvalue weighted by Crippen LogP contribution is 2.52. The summed E-state index contributed by atoms with van der Waals surface area (Å²) in [6.45, 7) is 3.11. The predicted molar refractivity (Wildman–Crippen MR) is 148 cm³/mol. The zero-order chi connectivity index (χ0) is 28.9. The average molecular weight is 574 g/mol. The van der Waals surface area contributed by atoms with E-state index in [4.69, 9.17) is 15.2 Å². The maximum absolute atomic E-state index is 15.7. The van der Waals surface area contributed by atoms with Gasteiger partial charge >= 0.3 is 0 Å². The number of rotatable bonds is 8. The van der Waals surface area contributed by atoms with Gasteiger partial charge in [0.2, 0.25) is 16.0 Å². The van der Waals surface area contributed by atoms with Crippen molar-refractivity contribution in [2.75, 3.05) is 40.9 Å². The quantitative estimate of drug-likeness (QED) is 0.477. The van der Waals surface area contributed by atoms with Crippen molar-refractivity contribution in [3.05, 3.63) is 59.2 Å². The molecule has 1 saturated heterocycles. The molecule has 5 rings (SSSR count). The Balaban J connectivity index is 1.49. The fraction of sp³-hybridized carbons (Fsp3) is 0.536. The Hall–Kier alpha value is -3.09. The number of Topliss-reactive ketones (excluding diaryl/α,β-unsaturated/α-hetero) is 1. The molecule has 1 saturated carbocycles. The van der Waals surface area contributed by atoms with Crippen LogP contribution in [0.15, 0.2) is 41.5 Å². The Morgan fingerprint density at radius 3 is 2.62 bits per heavy atom. The van der Waals surface area contributed by atoms with Gasteiger partial charge in [-0.1, -0.05) is 6.07 Å². The number of ketones is 1. The van der Waals surface area contributed by atoms with Gasteiger partial charge in [-0.2, -0.15) is 0 Å². The number of sulfonamides is 1. The molecule has 2 aromatic rings. The van der Waals surface area contributed by atoms with Gasteiger partial charge in [0, 0.05) is 39.2 Å². The van der Waals surface area contributed by atoms with E-state index in [0.717, 1.165) is 23.7 Å². The molecule has 1 spiro atoms. The molecular formula is C28H36FN5O5S. The number of pyridine rings is 1. The molecule has 1 aromatic carbocycles. The van der Waals surface area contributed by atoms with Crippen LogP contribution < -0.4 is 10.5 Å². The minimum Gasteiger partial charge on any atom is -0.495 e. The molecule has 3 heterocycles. The number of guanidine groups is 1. The first-order chi connectivity index (χ1) is 18.9. The van der Waals surface area contributed by atoms with Gasteiger partial charge in [0.25, 0.3) is 0 Å². The van der Waals surface area contributed by atoms with Crippen molar-refractivity contribution >= 4 is 21.8 Å². The lowest BCUT2D eigenvalue weighted by atomic mass is 9.77. The van der Waals surface area contributed by atoms with Crippen molar-refractivity contribution in [1.82, 2.24) is 14.2 Å². The van der Waals surface area contributed by atoms with E-state index in [2.05, 4.69) is 14.9 Å². The molecule has 0 bridgehead atoms. The summed E-state index contributed by atoms with van der Waals surface area (Å²) in [5.41, 5.74) is 5.49. The summed E-state index contributed by atoms with van der Waals surface area (Å²) in [6, 6.07) is 7.55. The Bertz CT molecular complexity index is 1430. The predicted octanol–water partition coefficient (Wildman–Crippen LogP) is 2.33. The number of nitrogens with zero attached hydrogens (tertiary/aromatic N) is 4. The number of carbonyl (C=O) groups is 1. The van der Waals surface area contributed by atoms with Gasteiger partial charge in [-0.3, -0.25) is 4.79 Å². The molecule has 2 fully saturated rings. The van der Waals surface area contributed by atoms with Crippen molar-refractivity contribution in [1.29, 1.82) is 0 Å². The number of hydrogen-bond acceptors (Lipinski definition) is 9. The summed E-state index contributed by atoms with van der Waals surface area (Å²) >= 11 is 0. The lowest BCUT2D eigenvalue weighted by molar-refractivity contribution is -0.00907. The van der Waals surface area contributed by atoms with Crippen molar-refractivity contribution in [2.45, 2.75) is 49.0 Å². The third-order valence-corrected chi connectivity index (χ3v) is 11.6. The Morgan fingerprint density at radius 1 is 1.23 bits per heavy atom. The van der Waals surface area contributed by atoms with Gasteiger partial charge in [-0.25, -0.2) is 27.1 Å². The highest BCUT2D eigenvalue weighted by atomic mass is 32.2. The van der Waals surface area contributed by atoms with Gasteiger partial charge < -0.3 is 20.1 Å². The molecule has 10 nitrogen and oxygen atoms in total. The van der Waals surface area contributed by atoms with E-state index in [0.29, 0.717) is 23.8 Å². The largest absolute Gasteiger partial charge is 0.495 e. The Kier molecular flexibility index (Phi) is 7.38. The van der Waals surface area contributed by atoms with E-state index in [-0.39, 0.29) is 48.5 Å². The Labute approximate surface area is 234 Å². The van der Waals surface area contributed by atoms with Gasteiger partial charge in [-0.05, 0) is 68.5 Å². The van der Waals surface area contributed by atoms with E-state index in [9.17, 15) is 13.2 Å². The van der Waals surface area contributed by atoms with Gasteiger partial charge in [0.1, 0.15) is 27.5 Å². The maximum atomic E-state index is 15.7. The summed E-state index contributed by atoms with van der Waals surface area (Å²) < 4.78 is 53.9. The number of nitrogens with two attached hydrogens (primary N) is 1. The molecule has 1 aliphatic carbocycles. The van der Waals surface area contributed by atoms with Crippen molar-refractivity contribution < 1.29 is 27.1 Å². The zero-order valence-electron chi connectivity index (χ0n) is 23.3. The van der Waals surface area contributed by atoms with Crippen LogP contribution in [0.1, 0.15) is 47.8 Å². The second-order valence-electron chi connectivity index (χ2n) is 11.2. The number of methoxy groups -OCH3 is 2. The fourth-order valence-corrected chi connectivity index (χ4v) is 8.51. The lowest BCUT2D eigenvalue weighted by Gasteiger charge is -2.49. The topological polar surface area (TPSA) is 127 Å². The molecular weight excluding hydrogens is 537 g/mol. The van der Waals surface area contributed by atoms with E-state index in [1.54, 1.807) is 32.2 Å². The van der Waals surface area contributed by atoms with Crippen molar-refractivity contribution in [3.63, 3.8) is 0 Å². The number of likely N-dealkylation sites (tertiary alicyclic amines) is 1. The molecule has 0 amide bonds. The molecule has 2 aliphatic heterocycles. The van der Waals surface area contributed by atoms with Crippen LogP contribution in [0.5, 0.6) is 5.75 Å². The molecule has 0 unspecified atom stereocenters. The zero-order valence-corrected chi connectivity index (χ0v) is 24.1. The summed E-state index contributed by atoms with van der Waals surface area (Å²) in [6.07, 6.45) is 3.79. The number of benzene rings is 1. The molecule has 3 aliphatic rings. The van der Waals surface area contributed by atoms with Gasteiger partial charge in [0.05, 0.1) is 19.4 Å². The first kappa shape index (κ1) is 28.4. The minimum absolute atomic E-state index is 0.0456. The Morgan fingerprint density at radius 2 is 1.98 bits per heavy atom. The summed E-state index contributed by atoms with van der Waals surface area (Å²) in [5.74, 6) is -0.115. The standard InChI is InChI=1S/C28H36FN5O5S/c1-27(22-13-18(5-7-23(22)29)14-25(35)24-8-6-20(38-3)15-31-24)28(40(36,37)33(2)26(30)32-27)9-10-34(17-28)16-19-11-21(12-19)39-4/h5-8,13,15,19,21H,9-12,14,16-17H2,1-4H3,(H2,30,32)/t19?,21?,27-,28+/m1/s1. The van der Waals surface area contributed by atoms with Crippen LogP contribution in [0.3, 0.4) is 0 Å². The van der Waals surface area contributed by atoms with Crippen molar-refractivity contribution in [3.8, 4) is 5.75 Å². The second-order valence-corrected chi connectivity index (χ2v) is 13.5.